The Labute approximate surface area is 366 Å². The van der Waals surface area contributed by atoms with E-state index in [1.807, 2.05) is 6.92 Å². The number of carbonyl (C=O) groups excluding carboxylic acids is 2. The highest BCUT2D eigenvalue weighted by Gasteiger charge is 2.14. The van der Waals surface area contributed by atoms with E-state index in [4.69, 9.17) is 27.7 Å². The summed E-state index contributed by atoms with van der Waals surface area (Å²) in [6, 6.07) is -0.935. The fraction of sp³-hybridized carbons (Fsp3) is 0.472. The number of unbranched alkanes of at least 4 members (excludes halogenated alkanes) is 2. The van der Waals surface area contributed by atoms with Crippen molar-refractivity contribution in [1.82, 2.24) is 0 Å². The molecule has 0 aromatic rings. The summed E-state index contributed by atoms with van der Waals surface area (Å²) in [6.07, 6.45) is 48.0. The van der Waals surface area contributed by atoms with E-state index >= 15 is 0 Å². The van der Waals surface area contributed by atoms with Crippen LogP contribution in [-0.4, -0.2) is 43.5 Å². The Morgan fingerprint density at radius 3 is 1.32 bits per heavy atom. The summed E-state index contributed by atoms with van der Waals surface area (Å²) in [4.78, 5) is 24.3. The fourth-order valence-corrected chi connectivity index (χ4v) is 5.58. The molecule has 0 aliphatic rings. The highest BCUT2D eigenvalue weighted by molar-refractivity contribution is 5.83. The summed E-state index contributed by atoms with van der Waals surface area (Å²) in [5, 5.41) is 0. The standard InChI is InChI=1S/C53H82N4O3/c1-42(23-15-25-44(3)27-17-29-46(5)31-19-33-48(7)37-38-52(58)50(56)35-11-13-39-54)21-9-10-22-43(2)24-16-26-45(4)28-18-30-47(6)32-20-34-49(8)41-60-53(59)51(57)36-12-14-40-55/h9-10,15-18,21-30,33-34,50-51H,11-14,19-20,31-32,35-41,54-57H2,1-8H3/t50-,51-/m1/s1. The van der Waals surface area contributed by atoms with Crippen molar-refractivity contribution in [2.45, 2.75) is 145 Å². The molecule has 60 heavy (non-hydrogen) atoms. The molecule has 0 rings (SSSR count). The smallest absolute Gasteiger partial charge is 0.323 e. The molecular weight excluding hydrogens is 741 g/mol. The van der Waals surface area contributed by atoms with Crippen LogP contribution in [0.2, 0.25) is 0 Å². The van der Waals surface area contributed by atoms with Crippen LogP contribution in [0.15, 0.2) is 154 Å². The molecule has 0 fully saturated rings. The predicted molar refractivity (Wildman–Crippen MR) is 261 cm³/mol. The van der Waals surface area contributed by atoms with Crippen LogP contribution in [0.5, 0.6) is 0 Å². The van der Waals surface area contributed by atoms with Crippen LogP contribution in [0.4, 0.5) is 0 Å². The van der Waals surface area contributed by atoms with E-state index in [1.165, 1.54) is 39.0 Å². The number of hydrogen-bond donors (Lipinski definition) is 4. The molecule has 8 N–H and O–H groups in total. The van der Waals surface area contributed by atoms with Crippen LogP contribution in [0.3, 0.4) is 0 Å². The summed E-state index contributed by atoms with van der Waals surface area (Å²) < 4.78 is 5.36. The predicted octanol–water partition coefficient (Wildman–Crippen LogP) is 11.7. The van der Waals surface area contributed by atoms with Crippen molar-refractivity contribution < 1.29 is 14.3 Å². The van der Waals surface area contributed by atoms with Gasteiger partial charge in [-0.2, -0.15) is 0 Å². The SMILES string of the molecule is CC(C=CC=C(C)C=CC=C(C)CCC=C(C)CCC(=O)[C@H](N)CCCCN)=CC=CC=C(C)C=CC=C(C)C=CC=C(C)CCC=C(C)COC(=O)[C@H](N)CCCCN. The first-order chi connectivity index (χ1) is 28.7. The van der Waals surface area contributed by atoms with Crippen molar-refractivity contribution in [3.8, 4) is 0 Å². The van der Waals surface area contributed by atoms with E-state index in [1.54, 1.807) is 0 Å². The first-order valence-corrected chi connectivity index (χ1v) is 22.0. The molecule has 0 saturated heterocycles. The first-order valence-electron chi connectivity index (χ1n) is 22.0. The summed E-state index contributed by atoms with van der Waals surface area (Å²) >= 11 is 0. The zero-order chi connectivity index (χ0) is 45.0. The van der Waals surface area contributed by atoms with Crippen LogP contribution in [0.25, 0.3) is 0 Å². The van der Waals surface area contributed by atoms with Gasteiger partial charge in [0.2, 0.25) is 0 Å². The Morgan fingerprint density at radius 1 is 0.467 bits per heavy atom. The number of ketones is 1. The van der Waals surface area contributed by atoms with Gasteiger partial charge >= 0.3 is 5.97 Å². The highest BCUT2D eigenvalue weighted by atomic mass is 16.5. The lowest BCUT2D eigenvalue weighted by atomic mass is 10.00. The second-order valence-electron chi connectivity index (χ2n) is 16.0. The molecule has 0 aromatic heterocycles. The molecule has 0 bridgehead atoms. The molecule has 7 heteroatoms. The second-order valence-corrected chi connectivity index (χ2v) is 16.0. The minimum atomic E-state index is -0.578. The van der Waals surface area contributed by atoms with E-state index in [0.29, 0.717) is 25.9 Å². The van der Waals surface area contributed by atoms with Crippen LogP contribution < -0.4 is 22.9 Å². The Hall–Kier alpha value is -4.40. The number of esters is 1. The summed E-state index contributed by atoms with van der Waals surface area (Å²) in [5.41, 5.74) is 32.5. The molecule has 0 unspecified atom stereocenters. The first kappa shape index (κ1) is 55.6. The Bertz CT molecular complexity index is 1550. The molecule has 0 heterocycles. The molecular formula is C53H82N4O3. The molecule has 0 spiro atoms. The lowest BCUT2D eigenvalue weighted by Crippen LogP contribution is -2.32. The van der Waals surface area contributed by atoms with Crippen LogP contribution in [-0.2, 0) is 14.3 Å². The number of allylic oxidation sites excluding steroid dienone is 25. The van der Waals surface area contributed by atoms with Crippen LogP contribution in [0.1, 0.15) is 132 Å². The molecule has 7 nitrogen and oxygen atoms in total. The summed E-state index contributed by atoms with van der Waals surface area (Å²) in [7, 11) is 0. The van der Waals surface area contributed by atoms with E-state index in [9.17, 15) is 9.59 Å². The minimum absolute atomic E-state index is 0.152. The molecule has 0 saturated carbocycles. The number of Topliss-reactive ketones (excluding diaryl/α,β-unsaturated/α-hetero) is 1. The number of carbonyl (C=O) groups is 2. The third kappa shape index (κ3) is 33.4. The quantitative estimate of drug-likeness (QED) is 0.0235. The average Bonchev–Trinajstić information content (AvgIpc) is 3.20. The van der Waals surface area contributed by atoms with Crippen molar-refractivity contribution in [1.29, 1.82) is 0 Å². The van der Waals surface area contributed by atoms with E-state index in [-0.39, 0.29) is 24.4 Å². The van der Waals surface area contributed by atoms with Gasteiger partial charge in [0.25, 0.3) is 0 Å². The Kier molecular flexibility index (Phi) is 33.8. The number of ether oxygens (including phenoxy) is 1. The van der Waals surface area contributed by atoms with Crippen molar-refractivity contribution in [3.05, 3.63) is 154 Å². The summed E-state index contributed by atoms with van der Waals surface area (Å²) in [6.45, 7) is 18.3. The maximum atomic E-state index is 12.3. The Morgan fingerprint density at radius 2 is 0.867 bits per heavy atom. The number of hydrogen-bond acceptors (Lipinski definition) is 7. The molecule has 0 aromatic carbocycles. The van der Waals surface area contributed by atoms with Crippen LogP contribution in [0, 0.1) is 0 Å². The van der Waals surface area contributed by atoms with Gasteiger partial charge in [-0.15, -0.1) is 0 Å². The lowest BCUT2D eigenvalue weighted by molar-refractivity contribution is -0.144. The zero-order valence-electron chi connectivity index (χ0n) is 38.7. The molecule has 2 atom stereocenters. The Balaban J connectivity index is 4.67. The van der Waals surface area contributed by atoms with Gasteiger partial charge in [0.1, 0.15) is 18.4 Å². The molecule has 0 radical (unpaired) electrons. The third-order valence-electron chi connectivity index (χ3n) is 9.67. The van der Waals surface area contributed by atoms with E-state index < -0.39 is 6.04 Å². The highest BCUT2D eigenvalue weighted by Crippen LogP contribution is 2.13. The van der Waals surface area contributed by atoms with Gasteiger partial charge in [-0.3, -0.25) is 9.59 Å². The molecule has 332 valence electrons. The van der Waals surface area contributed by atoms with E-state index in [0.717, 1.165) is 69.8 Å². The normalized spacial score (nSPS) is 15.8. The van der Waals surface area contributed by atoms with Crippen molar-refractivity contribution in [2.75, 3.05) is 19.7 Å². The van der Waals surface area contributed by atoms with Gasteiger partial charge in [0, 0.05) is 6.42 Å². The second kappa shape index (κ2) is 36.5. The zero-order valence-corrected chi connectivity index (χ0v) is 38.7. The summed E-state index contributed by atoms with van der Waals surface area (Å²) in [5.74, 6) is -0.193. The van der Waals surface area contributed by atoms with Gasteiger partial charge in [0.05, 0.1) is 6.04 Å². The fourth-order valence-electron chi connectivity index (χ4n) is 5.58. The average molecular weight is 823 g/mol. The monoisotopic (exact) mass is 823 g/mol. The molecule has 0 amide bonds. The topological polar surface area (TPSA) is 147 Å². The number of nitrogens with two attached hydrogens (primary N) is 4. The largest absolute Gasteiger partial charge is 0.460 e. The van der Waals surface area contributed by atoms with E-state index in [2.05, 4.69) is 158 Å². The van der Waals surface area contributed by atoms with Gasteiger partial charge < -0.3 is 27.7 Å². The van der Waals surface area contributed by atoms with Gasteiger partial charge in [-0.25, -0.2) is 0 Å². The molecule has 0 aliphatic heterocycles. The molecule has 0 aliphatic carbocycles. The third-order valence-corrected chi connectivity index (χ3v) is 9.67. The maximum Gasteiger partial charge on any atom is 0.323 e. The maximum absolute atomic E-state index is 12.3. The van der Waals surface area contributed by atoms with Gasteiger partial charge in [-0.05, 0) is 132 Å². The number of rotatable bonds is 31. The van der Waals surface area contributed by atoms with Crippen molar-refractivity contribution in [2.24, 2.45) is 22.9 Å². The van der Waals surface area contributed by atoms with Crippen molar-refractivity contribution >= 4 is 11.8 Å². The van der Waals surface area contributed by atoms with Gasteiger partial charge in [0.15, 0.2) is 0 Å². The van der Waals surface area contributed by atoms with Crippen LogP contribution >= 0.6 is 0 Å². The van der Waals surface area contributed by atoms with Gasteiger partial charge in [-0.1, -0.05) is 161 Å². The van der Waals surface area contributed by atoms with Crippen molar-refractivity contribution in [3.63, 3.8) is 0 Å². The minimum Gasteiger partial charge on any atom is -0.460 e. The lowest BCUT2D eigenvalue weighted by Gasteiger charge is -2.11.